The molecule has 1 saturated heterocycles. The Balaban J connectivity index is 1.37. The fourth-order valence-electron chi connectivity index (χ4n) is 3.51. The van der Waals surface area contributed by atoms with E-state index in [-0.39, 0.29) is 12.3 Å². The van der Waals surface area contributed by atoms with Crippen molar-refractivity contribution >= 4 is 34.3 Å². The SMILES string of the molecule is O=C(COc1cccc2ccccc12)N/N=C/c1ccc(N2CCOCC2)c([N+](=O)[O-])c1. The lowest BCUT2D eigenvalue weighted by atomic mass is 10.1. The minimum Gasteiger partial charge on any atom is -0.483 e. The highest BCUT2D eigenvalue weighted by Gasteiger charge is 2.21. The van der Waals surface area contributed by atoms with E-state index in [0.717, 1.165) is 10.8 Å². The zero-order valence-electron chi connectivity index (χ0n) is 17.3. The average Bonchev–Trinajstić information content (AvgIpc) is 2.83. The van der Waals surface area contributed by atoms with Crippen LogP contribution in [0.25, 0.3) is 10.8 Å². The van der Waals surface area contributed by atoms with Crippen molar-refractivity contribution in [3.05, 3.63) is 76.3 Å². The number of anilines is 1. The molecule has 0 aromatic heterocycles. The number of nitro benzene ring substituents is 1. The number of carbonyl (C=O) groups is 1. The van der Waals surface area contributed by atoms with Crippen LogP contribution in [0.5, 0.6) is 5.75 Å². The molecule has 9 nitrogen and oxygen atoms in total. The molecule has 0 saturated carbocycles. The van der Waals surface area contributed by atoms with Gasteiger partial charge in [0.2, 0.25) is 0 Å². The summed E-state index contributed by atoms with van der Waals surface area (Å²) in [5.41, 5.74) is 3.42. The molecule has 4 rings (SSSR count). The Bertz CT molecular complexity index is 1150. The second-order valence-corrected chi connectivity index (χ2v) is 7.16. The van der Waals surface area contributed by atoms with Crippen molar-refractivity contribution in [1.29, 1.82) is 0 Å². The Labute approximate surface area is 184 Å². The van der Waals surface area contributed by atoms with Gasteiger partial charge in [0.1, 0.15) is 11.4 Å². The number of benzene rings is 3. The van der Waals surface area contributed by atoms with Gasteiger partial charge in [0.15, 0.2) is 6.61 Å². The highest BCUT2D eigenvalue weighted by molar-refractivity contribution is 5.89. The minimum absolute atomic E-state index is 0.0125. The van der Waals surface area contributed by atoms with Gasteiger partial charge in [-0.05, 0) is 17.5 Å². The second-order valence-electron chi connectivity index (χ2n) is 7.16. The molecule has 0 spiro atoms. The van der Waals surface area contributed by atoms with E-state index in [0.29, 0.717) is 43.3 Å². The first kappa shape index (κ1) is 21.3. The molecule has 0 radical (unpaired) electrons. The smallest absolute Gasteiger partial charge is 0.293 e. The van der Waals surface area contributed by atoms with Gasteiger partial charge in [0, 0.05) is 30.1 Å². The van der Waals surface area contributed by atoms with Crippen LogP contribution in [-0.2, 0) is 9.53 Å². The lowest BCUT2D eigenvalue weighted by Gasteiger charge is -2.28. The zero-order chi connectivity index (χ0) is 22.3. The molecule has 1 aliphatic heterocycles. The van der Waals surface area contributed by atoms with Crippen LogP contribution in [0.3, 0.4) is 0 Å². The zero-order valence-corrected chi connectivity index (χ0v) is 17.3. The number of hydrogen-bond donors (Lipinski definition) is 1. The fraction of sp³-hybridized carbons (Fsp3) is 0.217. The van der Waals surface area contributed by atoms with Gasteiger partial charge in [-0.15, -0.1) is 0 Å². The molecular formula is C23H22N4O5. The molecule has 0 unspecified atom stereocenters. The maximum absolute atomic E-state index is 12.1. The number of hydrazone groups is 1. The van der Waals surface area contributed by atoms with Crippen molar-refractivity contribution in [1.82, 2.24) is 5.43 Å². The quantitative estimate of drug-likeness (QED) is 0.348. The number of nitrogens with zero attached hydrogens (tertiary/aromatic N) is 3. The number of carbonyl (C=O) groups excluding carboxylic acids is 1. The molecule has 1 N–H and O–H groups in total. The molecule has 164 valence electrons. The second kappa shape index (κ2) is 9.88. The maximum Gasteiger partial charge on any atom is 0.293 e. The third-order valence-corrected chi connectivity index (χ3v) is 5.06. The Morgan fingerprint density at radius 3 is 2.75 bits per heavy atom. The van der Waals surface area contributed by atoms with Gasteiger partial charge in [-0.25, -0.2) is 5.43 Å². The van der Waals surface area contributed by atoms with Gasteiger partial charge in [0.05, 0.1) is 24.4 Å². The van der Waals surface area contributed by atoms with E-state index in [2.05, 4.69) is 10.5 Å². The van der Waals surface area contributed by atoms with Crippen molar-refractivity contribution < 1.29 is 19.2 Å². The van der Waals surface area contributed by atoms with Crippen LogP contribution < -0.4 is 15.1 Å². The first-order chi connectivity index (χ1) is 15.6. The molecule has 3 aromatic carbocycles. The summed E-state index contributed by atoms with van der Waals surface area (Å²) < 4.78 is 10.9. The molecule has 3 aromatic rings. The maximum atomic E-state index is 12.1. The molecule has 0 atom stereocenters. The first-order valence-corrected chi connectivity index (χ1v) is 10.2. The van der Waals surface area contributed by atoms with E-state index in [4.69, 9.17) is 9.47 Å². The molecule has 1 aliphatic rings. The lowest BCUT2D eigenvalue weighted by molar-refractivity contribution is -0.384. The summed E-state index contributed by atoms with van der Waals surface area (Å²) in [6.45, 7) is 2.06. The van der Waals surface area contributed by atoms with E-state index >= 15 is 0 Å². The average molecular weight is 434 g/mol. The molecular weight excluding hydrogens is 412 g/mol. The van der Waals surface area contributed by atoms with E-state index in [1.54, 1.807) is 18.2 Å². The van der Waals surface area contributed by atoms with Gasteiger partial charge in [-0.2, -0.15) is 5.10 Å². The van der Waals surface area contributed by atoms with E-state index in [1.165, 1.54) is 12.3 Å². The van der Waals surface area contributed by atoms with Gasteiger partial charge in [-0.1, -0.05) is 42.5 Å². The van der Waals surface area contributed by atoms with Crippen LogP contribution in [0.2, 0.25) is 0 Å². The van der Waals surface area contributed by atoms with Crippen molar-refractivity contribution in [3.63, 3.8) is 0 Å². The normalized spacial score (nSPS) is 13.9. The summed E-state index contributed by atoms with van der Waals surface area (Å²) in [5.74, 6) is 0.171. The van der Waals surface area contributed by atoms with Gasteiger partial charge in [0.25, 0.3) is 11.6 Å². The highest BCUT2D eigenvalue weighted by Crippen LogP contribution is 2.29. The summed E-state index contributed by atoms with van der Waals surface area (Å²) in [4.78, 5) is 25.1. The molecule has 0 bridgehead atoms. The Hall–Kier alpha value is -3.98. The number of morpholine rings is 1. The van der Waals surface area contributed by atoms with Crippen LogP contribution in [-0.4, -0.2) is 50.0 Å². The number of ether oxygens (including phenoxy) is 2. The van der Waals surface area contributed by atoms with Crippen LogP contribution in [0.15, 0.2) is 65.8 Å². The fourth-order valence-corrected chi connectivity index (χ4v) is 3.51. The van der Waals surface area contributed by atoms with Gasteiger partial charge in [-0.3, -0.25) is 14.9 Å². The number of amides is 1. The third kappa shape index (κ3) is 5.01. The number of nitrogens with one attached hydrogen (secondary N) is 1. The Kier molecular flexibility index (Phi) is 6.57. The summed E-state index contributed by atoms with van der Waals surface area (Å²) in [6.07, 6.45) is 1.37. The number of rotatable bonds is 7. The van der Waals surface area contributed by atoms with E-state index in [9.17, 15) is 14.9 Å². The summed E-state index contributed by atoms with van der Waals surface area (Å²) in [6, 6.07) is 18.2. The molecule has 1 heterocycles. The summed E-state index contributed by atoms with van der Waals surface area (Å²) >= 11 is 0. The monoisotopic (exact) mass is 434 g/mol. The van der Waals surface area contributed by atoms with Crippen molar-refractivity contribution in [2.24, 2.45) is 5.10 Å². The molecule has 0 aliphatic carbocycles. The third-order valence-electron chi connectivity index (χ3n) is 5.06. The van der Waals surface area contributed by atoms with Crippen LogP contribution >= 0.6 is 0 Å². The van der Waals surface area contributed by atoms with Crippen molar-refractivity contribution in [3.8, 4) is 5.75 Å². The van der Waals surface area contributed by atoms with Gasteiger partial charge < -0.3 is 14.4 Å². The Morgan fingerprint density at radius 2 is 1.94 bits per heavy atom. The molecule has 1 amide bonds. The van der Waals surface area contributed by atoms with Crippen molar-refractivity contribution in [2.45, 2.75) is 0 Å². The van der Waals surface area contributed by atoms with Gasteiger partial charge >= 0.3 is 0 Å². The molecule has 1 fully saturated rings. The largest absolute Gasteiger partial charge is 0.483 e. The number of fused-ring (bicyclic) bond motifs is 1. The predicted octanol–water partition coefficient (Wildman–Crippen LogP) is 3.11. The van der Waals surface area contributed by atoms with Crippen LogP contribution in [0, 0.1) is 10.1 Å². The molecule has 9 heteroatoms. The molecule has 32 heavy (non-hydrogen) atoms. The summed E-state index contributed by atoms with van der Waals surface area (Å²) in [7, 11) is 0. The van der Waals surface area contributed by atoms with Crippen molar-refractivity contribution in [2.75, 3.05) is 37.8 Å². The van der Waals surface area contributed by atoms with Crippen LogP contribution in [0.4, 0.5) is 11.4 Å². The summed E-state index contributed by atoms with van der Waals surface area (Å²) in [5, 5.41) is 17.4. The standard InChI is InChI=1S/C23H22N4O5/c28-23(16-32-22-7-3-5-18-4-1-2-6-19(18)22)25-24-15-17-8-9-20(21(14-17)27(29)30)26-10-12-31-13-11-26/h1-9,14-15H,10-13,16H2,(H,25,28)/b24-15+. The first-order valence-electron chi connectivity index (χ1n) is 10.2. The number of nitro groups is 1. The van der Waals surface area contributed by atoms with E-state index < -0.39 is 10.8 Å². The number of hydrogen-bond acceptors (Lipinski definition) is 7. The topological polar surface area (TPSA) is 106 Å². The Morgan fingerprint density at radius 1 is 1.16 bits per heavy atom. The minimum atomic E-state index is -0.436. The van der Waals surface area contributed by atoms with E-state index in [1.807, 2.05) is 41.3 Å². The lowest BCUT2D eigenvalue weighted by Crippen LogP contribution is -2.36. The van der Waals surface area contributed by atoms with Crippen LogP contribution in [0.1, 0.15) is 5.56 Å². The highest BCUT2D eigenvalue weighted by atomic mass is 16.6. The predicted molar refractivity (Wildman–Crippen MR) is 121 cm³/mol.